The third-order valence-electron chi connectivity index (χ3n) is 6.45. The summed E-state index contributed by atoms with van der Waals surface area (Å²) in [6, 6.07) is 5.86. The smallest absolute Gasteiger partial charge is 0.325 e. The molecule has 1 unspecified atom stereocenters. The first-order valence-corrected chi connectivity index (χ1v) is 11.3. The van der Waals surface area contributed by atoms with Gasteiger partial charge in [0.1, 0.15) is 29.1 Å². The minimum absolute atomic E-state index is 0.0203. The van der Waals surface area contributed by atoms with Gasteiger partial charge in [0.05, 0.1) is 23.8 Å². The zero-order valence-corrected chi connectivity index (χ0v) is 20.1. The van der Waals surface area contributed by atoms with Gasteiger partial charge in [0.25, 0.3) is 11.8 Å². The summed E-state index contributed by atoms with van der Waals surface area (Å²) in [5.41, 5.74) is 4.16. The van der Waals surface area contributed by atoms with Gasteiger partial charge in [0, 0.05) is 42.4 Å². The van der Waals surface area contributed by atoms with Gasteiger partial charge in [-0.15, -0.1) is 0 Å². The average molecular weight is 532 g/mol. The summed E-state index contributed by atoms with van der Waals surface area (Å²) in [4.78, 5) is 39.8. The molecule has 12 heteroatoms. The lowest BCUT2D eigenvalue weighted by atomic mass is 9.98. The maximum Gasteiger partial charge on any atom is 0.325 e. The van der Waals surface area contributed by atoms with Crippen LogP contribution in [0.4, 0.5) is 32.4 Å². The van der Waals surface area contributed by atoms with Crippen molar-refractivity contribution in [3.8, 4) is 0 Å². The van der Waals surface area contributed by atoms with Crippen LogP contribution in [0.15, 0.2) is 42.5 Å². The third-order valence-corrected chi connectivity index (χ3v) is 6.45. The fourth-order valence-electron chi connectivity index (χ4n) is 4.20. The lowest BCUT2D eigenvalue weighted by molar-refractivity contribution is 0.0948. The summed E-state index contributed by atoms with van der Waals surface area (Å²) >= 11 is 0. The molecule has 0 fully saturated rings. The number of urea groups is 1. The Morgan fingerprint density at radius 2 is 1.61 bits per heavy atom. The van der Waals surface area contributed by atoms with E-state index in [2.05, 4.69) is 5.32 Å². The van der Waals surface area contributed by atoms with Crippen LogP contribution in [-0.2, 0) is 13.1 Å². The molecule has 0 spiro atoms. The molecule has 1 aliphatic heterocycles. The number of hydrogen-bond acceptors (Lipinski definition) is 3. The van der Waals surface area contributed by atoms with E-state index in [-0.39, 0.29) is 11.3 Å². The van der Waals surface area contributed by atoms with E-state index in [1.807, 2.05) is 0 Å². The van der Waals surface area contributed by atoms with Crippen LogP contribution >= 0.6 is 0 Å². The van der Waals surface area contributed by atoms with Crippen molar-refractivity contribution in [3.63, 3.8) is 0 Å². The molecule has 0 bridgehead atoms. The van der Waals surface area contributed by atoms with Crippen LogP contribution in [0.2, 0.25) is 0 Å². The van der Waals surface area contributed by atoms with Crippen molar-refractivity contribution >= 4 is 23.5 Å². The van der Waals surface area contributed by atoms with E-state index in [1.54, 1.807) is 6.92 Å². The van der Waals surface area contributed by atoms with Crippen LogP contribution < -0.4 is 16.0 Å². The molecule has 7 nitrogen and oxygen atoms in total. The number of primary amides is 1. The maximum atomic E-state index is 14.9. The Labute approximate surface area is 213 Å². The molecule has 1 aliphatic rings. The summed E-state index contributed by atoms with van der Waals surface area (Å²) in [5, 5.41) is 2.33. The van der Waals surface area contributed by atoms with Gasteiger partial charge >= 0.3 is 6.03 Å². The molecule has 3 aromatic rings. The normalized spacial score (nSPS) is 14.9. The number of hydrogen-bond donors (Lipinski definition) is 2. The quantitative estimate of drug-likeness (QED) is 0.457. The molecule has 4 rings (SSSR count). The topological polar surface area (TPSA) is 95.7 Å². The largest absolute Gasteiger partial charge is 0.366 e. The molecule has 0 saturated carbocycles. The number of nitrogens with zero attached hydrogens (tertiary/aromatic N) is 2. The molecule has 1 heterocycles. The standard InChI is InChI=1S/C26H21F5N4O3/c1-12-15-4-3-13(25(37)33-10-17-20(29)8-14(27)9-21(17)30)7-22(15)35(26(38)34(12)2)11-18-19(28)6-5-16(23(18)31)24(32)36/h3-9,12H,10-11H2,1-2H3,(H2,32,36)(H,33,37). The van der Waals surface area contributed by atoms with Gasteiger partial charge in [-0.1, -0.05) is 6.07 Å². The van der Waals surface area contributed by atoms with Gasteiger partial charge in [-0.3, -0.25) is 14.5 Å². The highest BCUT2D eigenvalue weighted by Crippen LogP contribution is 2.38. The highest BCUT2D eigenvalue weighted by atomic mass is 19.2. The zero-order chi connectivity index (χ0) is 27.9. The van der Waals surface area contributed by atoms with Crippen LogP contribution in [-0.4, -0.2) is 29.8 Å². The molecular formula is C26H21F5N4O3. The third kappa shape index (κ3) is 4.76. The van der Waals surface area contributed by atoms with Gasteiger partial charge in [0.2, 0.25) is 0 Å². The monoisotopic (exact) mass is 532 g/mol. The molecule has 0 radical (unpaired) electrons. The fourth-order valence-corrected chi connectivity index (χ4v) is 4.20. The number of fused-ring (bicyclic) bond motifs is 1. The average Bonchev–Trinajstić information content (AvgIpc) is 2.85. The fraction of sp³-hybridized carbons (Fsp3) is 0.192. The summed E-state index contributed by atoms with van der Waals surface area (Å²) < 4.78 is 70.6. The summed E-state index contributed by atoms with van der Waals surface area (Å²) in [5.74, 6) is -7.59. The van der Waals surface area contributed by atoms with Crippen molar-refractivity contribution in [1.82, 2.24) is 10.2 Å². The second kappa shape index (κ2) is 10.1. The van der Waals surface area contributed by atoms with Crippen molar-refractivity contribution in [1.29, 1.82) is 0 Å². The van der Waals surface area contributed by atoms with Gasteiger partial charge in [-0.2, -0.15) is 0 Å². The van der Waals surface area contributed by atoms with E-state index >= 15 is 0 Å². The highest BCUT2D eigenvalue weighted by molar-refractivity contribution is 6.00. The molecule has 3 N–H and O–H groups in total. The molecule has 198 valence electrons. The van der Waals surface area contributed by atoms with Crippen LogP contribution in [0.5, 0.6) is 0 Å². The van der Waals surface area contributed by atoms with Gasteiger partial charge in [-0.05, 0) is 36.8 Å². The van der Waals surface area contributed by atoms with Crippen LogP contribution in [0.1, 0.15) is 50.4 Å². The van der Waals surface area contributed by atoms with Gasteiger partial charge in [-0.25, -0.2) is 26.7 Å². The first kappa shape index (κ1) is 26.6. The van der Waals surface area contributed by atoms with Crippen molar-refractivity contribution in [2.24, 2.45) is 5.73 Å². The number of nitrogens with one attached hydrogen (secondary N) is 1. The predicted octanol–water partition coefficient (Wildman–Crippen LogP) is 4.54. The first-order valence-electron chi connectivity index (χ1n) is 11.3. The Balaban J connectivity index is 1.69. The predicted molar refractivity (Wildman–Crippen MR) is 127 cm³/mol. The SMILES string of the molecule is CC1c2ccc(C(=O)NCc3c(F)cc(F)cc3F)cc2N(Cc2c(F)ccc(C(N)=O)c2F)C(=O)N1C. The molecule has 0 aromatic heterocycles. The van der Waals surface area contributed by atoms with Crippen molar-refractivity contribution in [2.75, 3.05) is 11.9 Å². The molecule has 1 atom stereocenters. The first-order chi connectivity index (χ1) is 17.9. The Morgan fingerprint density at radius 3 is 2.24 bits per heavy atom. The molecule has 0 saturated heterocycles. The lowest BCUT2D eigenvalue weighted by Crippen LogP contribution is -2.47. The Morgan fingerprint density at radius 1 is 0.947 bits per heavy atom. The minimum Gasteiger partial charge on any atom is -0.366 e. The molecular weight excluding hydrogens is 511 g/mol. The van der Waals surface area contributed by atoms with Crippen molar-refractivity contribution in [3.05, 3.63) is 99.4 Å². The van der Waals surface area contributed by atoms with Crippen molar-refractivity contribution in [2.45, 2.75) is 26.1 Å². The number of benzene rings is 3. The zero-order valence-electron chi connectivity index (χ0n) is 20.1. The number of rotatable bonds is 6. The highest BCUT2D eigenvalue weighted by Gasteiger charge is 2.35. The number of carbonyl (C=O) groups excluding carboxylic acids is 3. The number of anilines is 1. The van der Waals surface area contributed by atoms with Crippen LogP contribution in [0.3, 0.4) is 0 Å². The van der Waals surface area contributed by atoms with Gasteiger partial charge < -0.3 is 16.0 Å². The lowest BCUT2D eigenvalue weighted by Gasteiger charge is -2.39. The maximum absolute atomic E-state index is 14.9. The molecule has 3 aromatic carbocycles. The summed E-state index contributed by atoms with van der Waals surface area (Å²) in [6.45, 7) is 0.494. The number of carbonyl (C=O) groups is 3. The summed E-state index contributed by atoms with van der Waals surface area (Å²) in [6.07, 6.45) is 0. The van der Waals surface area contributed by atoms with E-state index in [0.29, 0.717) is 17.7 Å². The Kier molecular flexibility index (Phi) is 7.07. The van der Waals surface area contributed by atoms with E-state index in [1.165, 1.54) is 30.1 Å². The number of nitrogens with two attached hydrogens (primary N) is 1. The minimum atomic E-state index is -1.22. The second-order valence-electron chi connectivity index (χ2n) is 8.71. The molecule has 0 aliphatic carbocycles. The van der Waals surface area contributed by atoms with E-state index in [9.17, 15) is 36.3 Å². The van der Waals surface area contributed by atoms with E-state index < -0.39 is 82.8 Å². The van der Waals surface area contributed by atoms with Crippen LogP contribution in [0.25, 0.3) is 0 Å². The molecule has 4 amide bonds. The van der Waals surface area contributed by atoms with Crippen molar-refractivity contribution < 1.29 is 36.3 Å². The second-order valence-corrected chi connectivity index (χ2v) is 8.71. The summed E-state index contributed by atoms with van der Waals surface area (Å²) in [7, 11) is 1.49. The number of amides is 4. The molecule has 38 heavy (non-hydrogen) atoms. The van der Waals surface area contributed by atoms with Crippen LogP contribution in [0, 0.1) is 29.1 Å². The number of halogens is 5. The Hall–Kier alpha value is -4.48. The Bertz CT molecular complexity index is 1460. The van der Waals surface area contributed by atoms with E-state index in [4.69, 9.17) is 5.73 Å². The van der Waals surface area contributed by atoms with Gasteiger partial charge in [0.15, 0.2) is 0 Å². The van der Waals surface area contributed by atoms with E-state index in [0.717, 1.165) is 17.0 Å².